The van der Waals surface area contributed by atoms with E-state index in [9.17, 15) is 0 Å². The van der Waals surface area contributed by atoms with E-state index in [2.05, 4.69) is 22.2 Å². The standard InChI is InChI=1S/C10H17N3O/c1-4-6-8-10(11-5-2)13-9(14-3)7-12-8/h7H,4-6H2,1-3H3,(H,11,13). The maximum atomic E-state index is 5.02. The summed E-state index contributed by atoms with van der Waals surface area (Å²) in [6.45, 7) is 5.01. The Morgan fingerprint density at radius 2 is 2.21 bits per heavy atom. The van der Waals surface area contributed by atoms with E-state index < -0.39 is 0 Å². The van der Waals surface area contributed by atoms with Gasteiger partial charge in [-0.1, -0.05) is 13.3 Å². The first kappa shape index (κ1) is 10.8. The van der Waals surface area contributed by atoms with Gasteiger partial charge in [0.1, 0.15) is 0 Å². The summed E-state index contributed by atoms with van der Waals surface area (Å²) in [4.78, 5) is 8.61. The van der Waals surface area contributed by atoms with Gasteiger partial charge in [-0.15, -0.1) is 0 Å². The Labute approximate surface area is 84.7 Å². The summed E-state index contributed by atoms with van der Waals surface area (Å²) >= 11 is 0. The summed E-state index contributed by atoms with van der Waals surface area (Å²) in [5, 5.41) is 3.18. The van der Waals surface area contributed by atoms with Gasteiger partial charge in [0.05, 0.1) is 19.0 Å². The van der Waals surface area contributed by atoms with Gasteiger partial charge in [0, 0.05) is 6.54 Å². The van der Waals surface area contributed by atoms with Gasteiger partial charge < -0.3 is 10.1 Å². The topological polar surface area (TPSA) is 47.0 Å². The zero-order valence-electron chi connectivity index (χ0n) is 9.00. The third-order valence-electron chi connectivity index (χ3n) is 1.87. The monoisotopic (exact) mass is 195 g/mol. The van der Waals surface area contributed by atoms with Crippen LogP contribution in [0, 0.1) is 0 Å². The third-order valence-corrected chi connectivity index (χ3v) is 1.87. The van der Waals surface area contributed by atoms with Crippen LogP contribution in [0.5, 0.6) is 5.88 Å². The van der Waals surface area contributed by atoms with Crippen LogP contribution in [-0.4, -0.2) is 23.6 Å². The number of aromatic nitrogens is 2. The van der Waals surface area contributed by atoms with E-state index in [4.69, 9.17) is 4.74 Å². The summed E-state index contributed by atoms with van der Waals surface area (Å²) in [6.07, 6.45) is 3.67. The molecule has 0 spiro atoms. The molecule has 0 fully saturated rings. The van der Waals surface area contributed by atoms with Gasteiger partial charge in [-0.2, -0.15) is 4.98 Å². The van der Waals surface area contributed by atoms with Crippen molar-refractivity contribution < 1.29 is 4.74 Å². The summed E-state index contributed by atoms with van der Waals surface area (Å²) in [5.41, 5.74) is 1.01. The molecule has 4 nitrogen and oxygen atoms in total. The minimum Gasteiger partial charge on any atom is -0.480 e. The molecule has 0 amide bonds. The fourth-order valence-corrected chi connectivity index (χ4v) is 1.22. The van der Waals surface area contributed by atoms with Crippen molar-refractivity contribution in [2.75, 3.05) is 19.0 Å². The predicted molar refractivity (Wildman–Crippen MR) is 56.7 cm³/mol. The van der Waals surface area contributed by atoms with Crippen LogP contribution in [0.1, 0.15) is 26.0 Å². The Bertz CT molecular complexity index is 289. The highest BCUT2D eigenvalue weighted by Crippen LogP contribution is 2.15. The molecule has 1 rings (SSSR count). The van der Waals surface area contributed by atoms with Crippen LogP contribution in [0.4, 0.5) is 5.82 Å². The van der Waals surface area contributed by atoms with Crippen LogP contribution in [0.3, 0.4) is 0 Å². The van der Waals surface area contributed by atoms with Crippen molar-refractivity contribution in [3.05, 3.63) is 11.9 Å². The number of nitrogens with one attached hydrogen (secondary N) is 1. The van der Waals surface area contributed by atoms with Gasteiger partial charge in [0.15, 0.2) is 5.82 Å². The lowest BCUT2D eigenvalue weighted by Gasteiger charge is -2.09. The maximum Gasteiger partial charge on any atom is 0.234 e. The number of aryl methyl sites for hydroxylation is 1. The first-order valence-corrected chi connectivity index (χ1v) is 4.95. The predicted octanol–water partition coefficient (Wildman–Crippen LogP) is 1.87. The van der Waals surface area contributed by atoms with Crippen molar-refractivity contribution in [2.24, 2.45) is 0 Å². The van der Waals surface area contributed by atoms with Gasteiger partial charge in [0.2, 0.25) is 5.88 Å². The molecule has 1 aromatic rings. The molecule has 1 N–H and O–H groups in total. The highest BCUT2D eigenvalue weighted by Gasteiger charge is 2.05. The molecule has 1 heterocycles. The van der Waals surface area contributed by atoms with E-state index in [1.54, 1.807) is 13.3 Å². The molecule has 0 aliphatic heterocycles. The quantitative estimate of drug-likeness (QED) is 0.779. The van der Waals surface area contributed by atoms with E-state index >= 15 is 0 Å². The van der Waals surface area contributed by atoms with Gasteiger partial charge in [0.25, 0.3) is 0 Å². The van der Waals surface area contributed by atoms with Crippen molar-refractivity contribution >= 4 is 5.82 Å². The Hall–Kier alpha value is -1.32. The van der Waals surface area contributed by atoms with Crippen LogP contribution in [0.2, 0.25) is 0 Å². The van der Waals surface area contributed by atoms with Crippen molar-refractivity contribution in [3.8, 4) is 5.88 Å². The second kappa shape index (κ2) is 5.42. The van der Waals surface area contributed by atoms with E-state index in [0.29, 0.717) is 5.88 Å². The molecule has 0 radical (unpaired) electrons. The lowest BCUT2D eigenvalue weighted by atomic mass is 10.2. The van der Waals surface area contributed by atoms with Crippen molar-refractivity contribution in [1.82, 2.24) is 9.97 Å². The number of ether oxygens (including phenoxy) is 1. The second-order valence-corrected chi connectivity index (χ2v) is 2.99. The third kappa shape index (κ3) is 2.58. The minimum atomic E-state index is 0.556. The molecule has 14 heavy (non-hydrogen) atoms. The summed E-state index contributed by atoms with van der Waals surface area (Å²) in [6, 6.07) is 0. The van der Waals surface area contributed by atoms with Gasteiger partial charge >= 0.3 is 0 Å². The molecule has 0 aliphatic carbocycles. The van der Waals surface area contributed by atoms with Crippen LogP contribution in [-0.2, 0) is 6.42 Å². The number of anilines is 1. The van der Waals surface area contributed by atoms with Gasteiger partial charge in [-0.3, -0.25) is 4.98 Å². The lowest BCUT2D eigenvalue weighted by molar-refractivity contribution is 0.395. The molecular formula is C10H17N3O. The molecular weight excluding hydrogens is 178 g/mol. The fourth-order valence-electron chi connectivity index (χ4n) is 1.22. The lowest BCUT2D eigenvalue weighted by Crippen LogP contribution is -2.06. The zero-order chi connectivity index (χ0) is 10.4. The molecule has 78 valence electrons. The molecule has 0 aliphatic rings. The van der Waals surface area contributed by atoms with Crippen LogP contribution < -0.4 is 10.1 Å². The minimum absolute atomic E-state index is 0.556. The summed E-state index contributed by atoms with van der Waals surface area (Å²) in [5.74, 6) is 1.40. The Morgan fingerprint density at radius 1 is 1.43 bits per heavy atom. The molecule has 4 heteroatoms. The molecule has 0 saturated carbocycles. The second-order valence-electron chi connectivity index (χ2n) is 2.99. The maximum absolute atomic E-state index is 5.02. The SMILES string of the molecule is CCCc1ncc(OC)nc1NCC. The van der Waals surface area contributed by atoms with Crippen molar-refractivity contribution in [3.63, 3.8) is 0 Å². The molecule has 0 aromatic carbocycles. The molecule has 0 unspecified atom stereocenters. The number of rotatable bonds is 5. The largest absolute Gasteiger partial charge is 0.480 e. The van der Waals surface area contributed by atoms with Crippen LogP contribution in [0.15, 0.2) is 6.20 Å². The first-order valence-electron chi connectivity index (χ1n) is 4.95. The number of hydrogen-bond donors (Lipinski definition) is 1. The number of methoxy groups -OCH3 is 1. The van der Waals surface area contributed by atoms with E-state index in [0.717, 1.165) is 30.9 Å². The van der Waals surface area contributed by atoms with Crippen LogP contribution in [0.25, 0.3) is 0 Å². The number of hydrogen-bond acceptors (Lipinski definition) is 4. The normalized spacial score (nSPS) is 9.93. The Balaban J connectivity index is 2.91. The molecule has 0 bridgehead atoms. The first-order chi connectivity index (χ1) is 6.81. The summed E-state index contributed by atoms with van der Waals surface area (Å²) in [7, 11) is 1.60. The van der Waals surface area contributed by atoms with E-state index in [-0.39, 0.29) is 0 Å². The Kier molecular flexibility index (Phi) is 4.16. The molecule has 1 aromatic heterocycles. The highest BCUT2D eigenvalue weighted by atomic mass is 16.5. The number of nitrogens with zero attached hydrogens (tertiary/aromatic N) is 2. The molecule has 0 saturated heterocycles. The van der Waals surface area contributed by atoms with Crippen molar-refractivity contribution in [2.45, 2.75) is 26.7 Å². The van der Waals surface area contributed by atoms with Gasteiger partial charge in [-0.25, -0.2) is 0 Å². The van der Waals surface area contributed by atoms with Crippen LogP contribution >= 0.6 is 0 Å². The van der Waals surface area contributed by atoms with Gasteiger partial charge in [-0.05, 0) is 13.3 Å². The molecule has 0 atom stereocenters. The zero-order valence-corrected chi connectivity index (χ0v) is 9.00. The average Bonchev–Trinajstić information content (AvgIpc) is 2.21. The van der Waals surface area contributed by atoms with Crippen molar-refractivity contribution in [1.29, 1.82) is 0 Å². The van der Waals surface area contributed by atoms with E-state index in [1.807, 2.05) is 6.92 Å². The highest BCUT2D eigenvalue weighted by molar-refractivity contribution is 5.41. The smallest absolute Gasteiger partial charge is 0.234 e. The fraction of sp³-hybridized carbons (Fsp3) is 0.600. The van der Waals surface area contributed by atoms with E-state index in [1.165, 1.54) is 0 Å². The average molecular weight is 195 g/mol. The Morgan fingerprint density at radius 3 is 2.79 bits per heavy atom. The summed E-state index contributed by atoms with van der Waals surface area (Å²) < 4.78 is 5.02.